The molecule has 0 saturated carbocycles. The molecule has 0 bridgehead atoms. The maximum atomic E-state index is 11.0. The SMILES string of the molecule is NCCCC[C@@H](C=O)Nc1ccc([N+](=O)[O-])cc1[N+](=O)[O-]. The zero-order valence-electron chi connectivity index (χ0n) is 11.2. The molecule has 0 aliphatic heterocycles. The lowest BCUT2D eigenvalue weighted by molar-refractivity contribution is -0.393. The summed E-state index contributed by atoms with van der Waals surface area (Å²) >= 11 is 0. The van der Waals surface area contributed by atoms with Crippen LogP contribution in [0, 0.1) is 20.2 Å². The van der Waals surface area contributed by atoms with Crippen molar-refractivity contribution in [3.63, 3.8) is 0 Å². The quantitative estimate of drug-likeness (QED) is 0.305. The smallest absolute Gasteiger partial charge is 0.299 e. The molecule has 3 N–H and O–H groups in total. The number of nitro benzene ring substituents is 2. The van der Waals surface area contributed by atoms with Crippen molar-refractivity contribution >= 4 is 23.3 Å². The Hall–Kier alpha value is -2.55. The summed E-state index contributed by atoms with van der Waals surface area (Å²) in [5.74, 6) is 0. The van der Waals surface area contributed by atoms with Gasteiger partial charge in [0.05, 0.1) is 22.0 Å². The number of nitrogens with two attached hydrogens (primary N) is 1. The van der Waals surface area contributed by atoms with E-state index in [1.54, 1.807) is 0 Å². The van der Waals surface area contributed by atoms with Gasteiger partial charge in [0.25, 0.3) is 11.4 Å². The molecule has 0 aliphatic rings. The van der Waals surface area contributed by atoms with E-state index in [0.717, 1.165) is 18.6 Å². The average molecular weight is 296 g/mol. The summed E-state index contributed by atoms with van der Waals surface area (Å²) in [7, 11) is 0. The predicted octanol–water partition coefficient (Wildman–Crippen LogP) is 1.61. The summed E-state index contributed by atoms with van der Waals surface area (Å²) in [5.41, 5.74) is 4.62. The molecule has 0 unspecified atom stereocenters. The molecule has 1 aromatic rings. The number of benzene rings is 1. The van der Waals surface area contributed by atoms with E-state index < -0.39 is 21.6 Å². The van der Waals surface area contributed by atoms with Crippen molar-refractivity contribution in [1.82, 2.24) is 0 Å². The Morgan fingerprint density at radius 1 is 1.24 bits per heavy atom. The highest BCUT2D eigenvalue weighted by molar-refractivity contribution is 5.71. The Morgan fingerprint density at radius 2 is 1.95 bits per heavy atom. The molecule has 1 aromatic carbocycles. The van der Waals surface area contributed by atoms with Crippen LogP contribution in [0.1, 0.15) is 19.3 Å². The molecule has 0 radical (unpaired) electrons. The van der Waals surface area contributed by atoms with Gasteiger partial charge in [0, 0.05) is 6.07 Å². The van der Waals surface area contributed by atoms with E-state index in [4.69, 9.17) is 5.73 Å². The predicted molar refractivity (Wildman–Crippen MR) is 76.1 cm³/mol. The van der Waals surface area contributed by atoms with Gasteiger partial charge in [-0.1, -0.05) is 0 Å². The summed E-state index contributed by atoms with van der Waals surface area (Å²) < 4.78 is 0. The lowest BCUT2D eigenvalue weighted by Gasteiger charge is -2.13. The third kappa shape index (κ3) is 4.80. The molecule has 0 saturated heterocycles. The third-order valence-corrected chi connectivity index (χ3v) is 2.86. The number of anilines is 1. The summed E-state index contributed by atoms with van der Waals surface area (Å²) in [6.45, 7) is 0.503. The fraction of sp³-hybridized carbons (Fsp3) is 0.417. The highest BCUT2D eigenvalue weighted by atomic mass is 16.6. The maximum Gasteiger partial charge on any atom is 0.299 e. The van der Waals surface area contributed by atoms with Crippen molar-refractivity contribution in [3.8, 4) is 0 Å². The summed E-state index contributed by atoms with van der Waals surface area (Å²) in [6, 6.07) is 2.65. The van der Waals surface area contributed by atoms with Crippen LogP contribution in [0.4, 0.5) is 17.1 Å². The van der Waals surface area contributed by atoms with Gasteiger partial charge in [-0.25, -0.2) is 0 Å². The molecule has 9 nitrogen and oxygen atoms in total. The van der Waals surface area contributed by atoms with E-state index in [9.17, 15) is 25.0 Å². The normalized spacial score (nSPS) is 11.7. The van der Waals surface area contributed by atoms with E-state index in [1.807, 2.05) is 0 Å². The molecule has 0 aromatic heterocycles. The second-order valence-electron chi connectivity index (χ2n) is 4.39. The van der Waals surface area contributed by atoms with Crippen LogP contribution in [0.15, 0.2) is 18.2 Å². The van der Waals surface area contributed by atoms with Gasteiger partial charge in [0.1, 0.15) is 12.0 Å². The zero-order valence-corrected chi connectivity index (χ0v) is 11.2. The van der Waals surface area contributed by atoms with E-state index in [0.29, 0.717) is 25.7 Å². The first kappa shape index (κ1) is 16.5. The largest absolute Gasteiger partial charge is 0.370 e. The number of nitrogens with zero attached hydrogens (tertiary/aromatic N) is 2. The molecular weight excluding hydrogens is 280 g/mol. The Balaban J connectivity index is 2.92. The first-order valence-corrected chi connectivity index (χ1v) is 6.34. The number of nitrogens with one attached hydrogen (secondary N) is 1. The minimum absolute atomic E-state index is 0.0791. The molecule has 1 atom stereocenters. The van der Waals surface area contributed by atoms with Crippen LogP contribution in [0.3, 0.4) is 0 Å². The number of aldehydes is 1. The van der Waals surface area contributed by atoms with Crippen molar-refractivity contribution in [2.45, 2.75) is 25.3 Å². The minimum atomic E-state index is -0.725. The van der Waals surface area contributed by atoms with Crippen LogP contribution in [0.2, 0.25) is 0 Å². The monoisotopic (exact) mass is 296 g/mol. The van der Waals surface area contributed by atoms with Crippen LogP contribution in [-0.2, 0) is 4.79 Å². The molecule has 1 rings (SSSR count). The summed E-state index contributed by atoms with van der Waals surface area (Å²) in [5, 5.41) is 24.3. The zero-order chi connectivity index (χ0) is 15.8. The van der Waals surface area contributed by atoms with E-state index in [1.165, 1.54) is 6.07 Å². The van der Waals surface area contributed by atoms with Gasteiger partial charge in [0.15, 0.2) is 0 Å². The molecule has 0 spiro atoms. The molecule has 0 amide bonds. The van der Waals surface area contributed by atoms with Crippen LogP contribution in [0.5, 0.6) is 0 Å². The average Bonchev–Trinajstić information content (AvgIpc) is 2.46. The number of rotatable bonds is 9. The van der Waals surface area contributed by atoms with Crippen LogP contribution >= 0.6 is 0 Å². The lowest BCUT2D eigenvalue weighted by Crippen LogP contribution is -2.22. The molecule has 0 fully saturated rings. The standard InChI is InChI=1S/C12H16N4O5/c13-6-2-1-3-9(8-17)14-11-5-4-10(15(18)19)7-12(11)16(20)21/h4-5,7-9,14H,1-3,6,13H2/t9-/m0/s1. The van der Waals surface area contributed by atoms with Gasteiger partial charge in [-0.3, -0.25) is 20.2 Å². The number of unbranched alkanes of at least 4 members (excludes halogenated alkanes) is 1. The maximum absolute atomic E-state index is 11.0. The first-order chi connectivity index (χ1) is 9.99. The molecule has 9 heteroatoms. The molecule has 21 heavy (non-hydrogen) atoms. The van der Waals surface area contributed by atoms with Crippen molar-refractivity contribution < 1.29 is 14.6 Å². The Morgan fingerprint density at radius 3 is 2.48 bits per heavy atom. The summed E-state index contributed by atoms with van der Waals surface area (Å²) in [6.07, 6.45) is 2.58. The number of hydrogen-bond acceptors (Lipinski definition) is 7. The summed E-state index contributed by atoms with van der Waals surface area (Å²) in [4.78, 5) is 31.1. The number of non-ortho nitro benzene ring substituents is 1. The second kappa shape index (κ2) is 7.90. The molecule has 114 valence electrons. The van der Waals surface area contributed by atoms with Crippen molar-refractivity contribution in [2.75, 3.05) is 11.9 Å². The fourth-order valence-corrected chi connectivity index (χ4v) is 1.79. The number of carbonyl (C=O) groups is 1. The third-order valence-electron chi connectivity index (χ3n) is 2.86. The molecule has 0 aliphatic carbocycles. The van der Waals surface area contributed by atoms with Gasteiger partial charge in [0.2, 0.25) is 0 Å². The lowest BCUT2D eigenvalue weighted by atomic mass is 10.1. The number of carbonyl (C=O) groups excluding carboxylic acids is 1. The number of hydrogen-bond donors (Lipinski definition) is 2. The topological polar surface area (TPSA) is 141 Å². The highest BCUT2D eigenvalue weighted by Crippen LogP contribution is 2.29. The number of nitro groups is 2. The first-order valence-electron chi connectivity index (χ1n) is 6.34. The van der Waals surface area contributed by atoms with Gasteiger partial charge in [-0.15, -0.1) is 0 Å². The Labute approximate surface area is 120 Å². The molecule has 0 heterocycles. The van der Waals surface area contributed by atoms with Gasteiger partial charge in [-0.2, -0.15) is 0 Å². The van der Waals surface area contributed by atoms with E-state index in [-0.39, 0.29) is 11.4 Å². The van der Waals surface area contributed by atoms with Crippen LogP contribution in [0.25, 0.3) is 0 Å². The highest BCUT2D eigenvalue weighted by Gasteiger charge is 2.21. The van der Waals surface area contributed by atoms with Gasteiger partial charge >= 0.3 is 0 Å². The van der Waals surface area contributed by atoms with Crippen molar-refractivity contribution in [2.24, 2.45) is 5.73 Å². The van der Waals surface area contributed by atoms with Crippen LogP contribution < -0.4 is 11.1 Å². The van der Waals surface area contributed by atoms with Gasteiger partial charge in [-0.05, 0) is 31.9 Å². The molecular formula is C12H16N4O5. The Bertz CT molecular complexity index is 534. The Kier molecular flexibility index (Phi) is 6.21. The van der Waals surface area contributed by atoms with Crippen molar-refractivity contribution in [1.29, 1.82) is 0 Å². The fourth-order valence-electron chi connectivity index (χ4n) is 1.79. The van der Waals surface area contributed by atoms with Gasteiger partial charge < -0.3 is 15.8 Å². The van der Waals surface area contributed by atoms with Crippen molar-refractivity contribution in [3.05, 3.63) is 38.4 Å². The van der Waals surface area contributed by atoms with Crippen LogP contribution in [-0.4, -0.2) is 28.7 Å². The van der Waals surface area contributed by atoms with E-state index >= 15 is 0 Å². The van der Waals surface area contributed by atoms with E-state index in [2.05, 4.69) is 5.32 Å². The minimum Gasteiger partial charge on any atom is -0.370 e. The second-order valence-corrected chi connectivity index (χ2v) is 4.39.